The fourth-order valence-electron chi connectivity index (χ4n) is 1.37. The molecule has 1 rings (SSSR count). The van der Waals surface area contributed by atoms with Crippen molar-refractivity contribution in [2.75, 3.05) is 6.54 Å². The van der Waals surface area contributed by atoms with E-state index in [4.69, 9.17) is 0 Å². The second kappa shape index (κ2) is 5.91. The highest BCUT2D eigenvalue weighted by molar-refractivity contribution is 4.89. The molecule has 0 bridgehead atoms. The Balaban J connectivity index is 2.06. The van der Waals surface area contributed by atoms with Gasteiger partial charge >= 0.3 is 0 Å². The van der Waals surface area contributed by atoms with Gasteiger partial charge in [0.25, 0.3) is 0 Å². The van der Waals surface area contributed by atoms with Gasteiger partial charge in [-0.3, -0.25) is 5.32 Å². The van der Waals surface area contributed by atoms with Gasteiger partial charge in [-0.15, -0.1) is 0 Å². The fourth-order valence-corrected chi connectivity index (χ4v) is 1.37. The normalized spacial score (nSPS) is 27.3. The van der Waals surface area contributed by atoms with Gasteiger partial charge in [0.2, 0.25) is 0 Å². The molecule has 3 heteroatoms. The molecule has 0 saturated carbocycles. The molecule has 3 nitrogen and oxygen atoms in total. The zero-order valence-corrected chi connectivity index (χ0v) is 9.29. The Labute approximate surface area is 86.7 Å². The number of rotatable bonds is 6. The second-order valence-electron chi connectivity index (χ2n) is 4.05. The van der Waals surface area contributed by atoms with Crippen LogP contribution in [0.25, 0.3) is 0 Å². The average Bonchev–Trinajstić information content (AvgIpc) is 2.14. The van der Waals surface area contributed by atoms with E-state index in [1.165, 1.54) is 19.3 Å². The Hall–Kier alpha value is -0.700. The van der Waals surface area contributed by atoms with Gasteiger partial charge in [-0.05, 0) is 26.2 Å². The highest BCUT2D eigenvalue weighted by Crippen LogP contribution is 2.19. The monoisotopic (exact) mass is 195 g/mol. The predicted octanol–water partition coefficient (Wildman–Crippen LogP) is 3.24. The number of nitrogens with zero attached hydrogens (tertiary/aromatic N) is 2. The Morgan fingerprint density at radius 3 is 2.79 bits per heavy atom. The van der Waals surface area contributed by atoms with Crippen LogP contribution in [0.2, 0.25) is 0 Å². The molecule has 0 amide bonds. The number of unbranched alkanes of at least 4 members (excludes halogenated alkanes) is 3. The molecule has 0 aliphatic carbocycles. The van der Waals surface area contributed by atoms with Gasteiger partial charge in [0.05, 0.1) is 0 Å². The second-order valence-corrected chi connectivity index (χ2v) is 4.05. The molecule has 0 spiro atoms. The quantitative estimate of drug-likeness (QED) is 0.512. The predicted molar refractivity (Wildman–Crippen MR) is 59.2 cm³/mol. The summed E-state index contributed by atoms with van der Waals surface area (Å²) >= 11 is 0. The van der Waals surface area contributed by atoms with Gasteiger partial charge in [-0.1, -0.05) is 25.8 Å². The lowest BCUT2D eigenvalue weighted by atomic mass is 10.0. The van der Waals surface area contributed by atoms with E-state index in [2.05, 4.69) is 35.5 Å². The Kier molecular flexibility index (Phi) is 4.80. The van der Waals surface area contributed by atoms with Crippen LogP contribution in [0.15, 0.2) is 22.5 Å². The van der Waals surface area contributed by atoms with E-state index in [-0.39, 0.29) is 5.66 Å². The molecule has 1 aliphatic rings. The molecule has 1 N–H and O–H groups in total. The summed E-state index contributed by atoms with van der Waals surface area (Å²) in [5.41, 5.74) is -0.0756. The van der Waals surface area contributed by atoms with Crippen LogP contribution in [0.3, 0.4) is 0 Å². The summed E-state index contributed by atoms with van der Waals surface area (Å²) in [5.74, 6) is 0. The first-order chi connectivity index (χ1) is 6.77. The third kappa shape index (κ3) is 4.01. The standard InChI is InChI=1S/C11H21N3/c1-3-4-5-6-7-9-13-14-11(2)8-10-12-11/h7,9,12H,3-6,8,10H2,1-2H3/b9-7-,14-13-. The Bertz CT molecular complexity index is 205. The van der Waals surface area contributed by atoms with Crippen molar-refractivity contribution in [3.8, 4) is 0 Å². The smallest absolute Gasteiger partial charge is 0.130 e. The van der Waals surface area contributed by atoms with Crippen molar-refractivity contribution in [1.82, 2.24) is 5.32 Å². The van der Waals surface area contributed by atoms with Crippen LogP contribution in [0.5, 0.6) is 0 Å². The summed E-state index contributed by atoms with van der Waals surface area (Å²) in [5, 5.41) is 11.5. The van der Waals surface area contributed by atoms with Crippen molar-refractivity contribution in [2.24, 2.45) is 10.2 Å². The minimum atomic E-state index is -0.0756. The first-order valence-corrected chi connectivity index (χ1v) is 5.59. The van der Waals surface area contributed by atoms with Crippen molar-refractivity contribution in [2.45, 2.75) is 51.6 Å². The number of nitrogens with one attached hydrogen (secondary N) is 1. The minimum Gasteiger partial charge on any atom is -0.292 e. The fraction of sp³-hybridized carbons (Fsp3) is 0.818. The van der Waals surface area contributed by atoms with E-state index in [1.807, 2.05) is 6.20 Å². The highest BCUT2D eigenvalue weighted by atomic mass is 15.3. The lowest BCUT2D eigenvalue weighted by molar-refractivity contribution is 0.234. The number of azo groups is 1. The summed E-state index contributed by atoms with van der Waals surface area (Å²) < 4.78 is 0. The summed E-state index contributed by atoms with van der Waals surface area (Å²) in [6, 6.07) is 0. The van der Waals surface area contributed by atoms with Gasteiger partial charge < -0.3 is 0 Å². The number of hydrogen-bond donors (Lipinski definition) is 1. The van der Waals surface area contributed by atoms with Gasteiger partial charge in [-0.25, -0.2) is 0 Å². The molecule has 0 aromatic heterocycles. The van der Waals surface area contributed by atoms with Gasteiger partial charge in [0, 0.05) is 12.7 Å². The molecule has 14 heavy (non-hydrogen) atoms. The van der Waals surface area contributed by atoms with E-state index >= 15 is 0 Å². The van der Waals surface area contributed by atoms with Crippen LogP contribution in [0.4, 0.5) is 0 Å². The van der Waals surface area contributed by atoms with Crippen molar-refractivity contribution >= 4 is 0 Å². The molecule has 0 radical (unpaired) electrons. The van der Waals surface area contributed by atoms with Gasteiger partial charge in [-0.2, -0.15) is 10.2 Å². The van der Waals surface area contributed by atoms with E-state index in [0.29, 0.717) is 0 Å². The molecular weight excluding hydrogens is 174 g/mol. The molecule has 80 valence electrons. The van der Waals surface area contributed by atoms with E-state index < -0.39 is 0 Å². The van der Waals surface area contributed by atoms with Gasteiger partial charge in [0.15, 0.2) is 0 Å². The molecule has 1 atom stereocenters. The molecule has 1 fully saturated rings. The maximum atomic E-state index is 4.21. The Morgan fingerprint density at radius 1 is 1.43 bits per heavy atom. The van der Waals surface area contributed by atoms with Crippen LogP contribution in [0, 0.1) is 0 Å². The minimum absolute atomic E-state index is 0.0756. The summed E-state index contributed by atoms with van der Waals surface area (Å²) in [6.45, 7) is 5.35. The van der Waals surface area contributed by atoms with E-state index in [0.717, 1.165) is 19.4 Å². The molecule has 0 aromatic carbocycles. The van der Waals surface area contributed by atoms with E-state index in [1.54, 1.807) is 0 Å². The zero-order chi connectivity index (χ0) is 10.3. The molecule has 1 heterocycles. The van der Waals surface area contributed by atoms with Crippen LogP contribution >= 0.6 is 0 Å². The van der Waals surface area contributed by atoms with Crippen molar-refractivity contribution in [1.29, 1.82) is 0 Å². The lowest BCUT2D eigenvalue weighted by Crippen LogP contribution is -2.52. The third-order valence-electron chi connectivity index (χ3n) is 2.54. The first kappa shape index (κ1) is 11.4. The SMILES string of the molecule is CCCCC/C=C\N=N/C1(C)CCN1. The van der Waals surface area contributed by atoms with Crippen LogP contribution < -0.4 is 5.32 Å². The van der Waals surface area contributed by atoms with Crippen LogP contribution in [-0.4, -0.2) is 12.2 Å². The highest BCUT2D eigenvalue weighted by Gasteiger charge is 2.30. The third-order valence-corrected chi connectivity index (χ3v) is 2.54. The molecule has 1 aliphatic heterocycles. The molecule has 1 saturated heterocycles. The molecule has 0 aromatic rings. The van der Waals surface area contributed by atoms with Crippen LogP contribution in [0.1, 0.15) is 46.0 Å². The lowest BCUT2D eigenvalue weighted by Gasteiger charge is -2.34. The van der Waals surface area contributed by atoms with Crippen LogP contribution in [-0.2, 0) is 0 Å². The number of allylic oxidation sites excluding steroid dienone is 1. The van der Waals surface area contributed by atoms with E-state index in [9.17, 15) is 0 Å². The summed E-state index contributed by atoms with van der Waals surface area (Å²) in [6.07, 6.45) is 9.98. The topological polar surface area (TPSA) is 36.8 Å². The largest absolute Gasteiger partial charge is 0.292 e. The average molecular weight is 195 g/mol. The zero-order valence-electron chi connectivity index (χ0n) is 9.29. The summed E-state index contributed by atoms with van der Waals surface area (Å²) in [4.78, 5) is 0. The molecular formula is C11H21N3. The van der Waals surface area contributed by atoms with Crippen molar-refractivity contribution in [3.63, 3.8) is 0 Å². The first-order valence-electron chi connectivity index (χ1n) is 5.59. The Morgan fingerprint density at radius 2 is 2.21 bits per heavy atom. The van der Waals surface area contributed by atoms with Crippen molar-refractivity contribution < 1.29 is 0 Å². The maximum absolute atomic E-state index is 4.21. The number of hydrogen-bond acceptors (Lipinski definition) is 3. The molecule has 1 unspecified atom stereocenters. The summed E-state index contributed by atoms with van der Waals surface area (Å²) in [7, 11) is 0. The van der Waals surface area contributed by atoms with Gasteiger partial charge in [0.1, 0.15) is 5.66 Å². The van der Waals surface area contributed by atoms with Crippen molar-refractivity contribution in [3.05, 3.63) is 12.3 Å². The maximum Gasteiger partial charge on any atom is 0.130 e.